The van der Waals surface area contributed by atoms with Crippen molar-refractivity contribution in [1.82, 2.24) is 9.97 Å². The van der Waals surface area contributed by atoms with Crippen molar-refractivity contribution >= 4 is 11.8 Å². The van der Waals surface area contributed by atoms with Gasteiger partial charge in [0.1, 0.15) is 5.82 Å². The van der Waals surface area contributed by atoms with Crippen molar-refractivity contribution in [2.75, 3.05) is 11.5 Å². The number of nitrogens with zero attached hydrogens (tertiary/aromatic N) is 2. The van der Waals surface area contributed by atoms with Crippen molar-refractivity contribution in [2.45, 2.75) is 44.9 Å². The molecule has 1 aromatic rings. The lowest BCUT2D eigenvalue weighted by Crippen LogP contribution is -2.13. The van der Waals surface area contributed by atoms with Gasteiger partial charge in [-0.25, -0.2) is 4.98 Å². The third-order valence-electron chi connectivity index (χ3n) is 3.20. The van der Waals surface area contributed by atoms with Crippen LogP contribution in [0, 0.1) is 6.92 Å². The molecule has 0 aromatic carbocycles. The summed E-state index contributed by atoms with van der Waals surface area (Å²) in [5.74, 6) is 1.40. The number of hydrogen-bond acceptors (Lipinski definition) is 4. The van der Waals surface area contributed by atoms with E-state index in [1.165, 1.54) is 32.1 Å². The Balaban J connectivity index is 2.33. The lowest BCUT2D eigenvalue weighted by atomic mass is 9.83. The molecular weight excluding hydrogens is 188 g/mol. The topological polar surface area (TPSA) is 77.8 Å². The Morgan fingerprint density at radius 1 is 1.07 bits per heavy atom. The first-order chi connectivity index (χ1) is 7.18. The van der Waals surface area contributed by atoms with Crippen molar-refractivity contribution in [3.63, 3.8) is 0 Å². The summed E-state index contributed by atoms with van der Waals surface area (Å²) in [6, 6.07) is 0. The molecule has 0 amide bonds. The summed E-state index contributed by atoms with van der Waals surface area (Å²) in [6.07, 6.45) is 6.32. The largest absolute Gasteiger partial charge is 0.383 e. The average Bonchev–Trinajstić information content (AvgIpc) is 2.17. The van der Waals surface area contributed by atoms with Gasteiger partial charge in [-0.15, -0.1) is 0 Å². The fourth-order valence-corrected chi connectivity index (χ4v) is 2.52. The van der Waals surface area contributed by atoms with E-state index in [9.17, 15) is 0 Å². The zero-order valence-electron chi connectivity index (χ0n) is 9.16. The quantitative estimate of drug-likeness (QED) is 0.736. The highest BCUT2D eigenvalue weighted by molar-refractivity contribution is 5.47. The molecule has 0 radical (unpaired) electrons. The van der Waals surface area contributed by atoms with E-state index in [4.69, 9.17) is 11.5 Å². The molecule has 0 spiro atoms. The molecular formula is C11H18N4. The molecule has 0 unspecified atom stereocenters. The summed E-state index contributed by atoms with van der Waals surface area (Å²) < 4.78 is 0. The van der Waals surface area contributed by atoms with E-state index in [1.807, 2.05) is 6.92 Å². The molecule has 4 heteroatoms. The molecule has 1 aliphatic rings. The van der Waals surface area contributed by atoms with Crippen LogP contribution < -0.4 is 11.5 Å². The number of rotatable bonds is 1. The SMILES string of the molecule is Cc1nc(N)nc(N)c1C1CCCCC1. The first-order valence-corrected chi connectivity index (χ1v) is 5.58. The van der Waals surface area contributed by atoms with Gasteiger partial charge in [-0.05, 0) is 25.7 Å². The predicted molar refractivity (Wildman–Crippen MR) is 61.4 cm³/mol. The third-order valence-corrected chi connectivity index (χ3v) is 3.20. The van der Waals surface area contributed by atoms with Crippen molar-refractivity contribution in [1.29, 1.82) is 0 Å². The minimum atomic E-state index is 0.282. The van der Waals surface area contributed by atoms with Crippen LogP contribution >= 0.6 is 0 Å². The summed E-state index contributed by atoms with van der Waals surface area (Å²) >= 11 is 0. The zero-order chi connectivity index (χ0) is 10.8. The van der Waals surface area contributed by atoms with E-state index < -0.39 is 0 Å². The number of nitrogen functional groups attached to an aromatic ring is 2. The van der Waals surface area contributed by atoms with E-state index in [2.05, 4.69) is 9.97 Å². The molecule has 0 aliphatic heterocycles. The molecule has 0 atom stereocenters. The maximum absolute atomic E-state index is 5.92. The average molecular weight is 206 g/mol. The van der Waals surface area contributed by atoms with Crippen LogP contribution in [0.1, 0.15) is 49.3 Å². The van der Waals surface area contributed by atoms with E-state index in [-0.39, 0.29) is 5.95 Å². The highest BCUT2D eigenvalue weighted by Crippen LogP contribution is 2.36. The zero-order valence-corrected chi connectivity index (χ0v) is 9.16. The minimum absolute atomic E-state index is 0.282. The van der Waals surface area contributed by atoms with Crippen LogP contribution in [0.15, 0.2) is 0 Å². The Labute approximate surface area is 90.1 Å². The van der Waals surface area contributed by atoms with Gasteiger partial charge in [-0.2, -0.15) is 4.98 Å². The van der Waals surface area contributed by atoms with Crippen LogP contribution in [0.5, 0.6) is 0 Å². The smallest absolute Gasteiger partial charge is 0.222 e. The second kappa shape index (κ2) is 4.04. The van der Waals surface area contributed by atoms with Gasteiger partial charge < -0.3 is 11.5 Å². The van der Waals surface area contributed by atoms with Crippen LogP contribution in [0.4, 0.5) is 11.8 Å². The van der Waals surface area contributed by atoms with Crippen LogP contribution in [-0.4, -0.2) is 9.97 Å². The summed E-state index contributed by atoms with van der Waals surface area (Å²) in [5.41, 5.74) is 13.6. The van der Waals surface area contributed by atoms with Crippen LogP contribution in [0.2, 0.25) is 0 Å². The highest BCUT2D eigenvalue weighted by Gasteiger charge is 2.21. The van der Waals surface area contributed by atoms with Crippen molar-refractivity contribution in [3.8, 4) is 0 Å². The first kappa shape index (κ1) is 10.2. The molecule has 1 aliphatic carbocycles. The number of anilines is 2. The Morgan fingerprint density at radius 3 is 2.33 bits per heavy atom. The molecule has 1 saturated carbocycles. The number of hydrogen-bond donors (Lipinski definition) is 2. The maximum Gasteiger partial charge on any atom is 0.222 e. The third kappa shape index (κ3) is 2.03. The molecule has 4 N–H and O–H groups in total. The standard InChI is InChI=1S/C11H18N4/c1-7-9(8-5-3-2-4-6-8)10(12)15-11(13)14-7/h8H,2-6H2,1H3,(H4,12,13,14,15). The summed E-state index contributed by atoms with van der Waals surface area (Å²) in [5, 5.41) is 0. The van der Waals surface area contributed by atoms with Crippen LogP contribution in [-0.2, 0) is 0 Å². The molecule has 1 aromatic heterocycles. The summed E-state index contributed by atoms with van der Waals surface area (Å²) in [4.78, 5) is 8.25. The molecule has 1 fully saturated rings. The predicted octanol–water partition coefficient (Wildman–Crippen LogP) is 2.00. The Kier molecular flexibility index (Phi) is 2.75. The summed E-state index contributed by atoms with van der Waals surface area (Å²) in [6.45, 7) is 1.97. The number of aromatic nitrogens is 2. The molecule has 0 bridgehead atoms. The van der Waals surface area contributed by atoms with E-state index in [1.54, 1.807) is 0 Å². The molecule has 1 heterocycles. The van der Waals surface area contributed by atoms with E-state index >= 15 is 0 Å². The first-order valence-electron chi connectivity index (χ1n) is 5.58. The second-order valence-electron chi connectivity index (χ2n) is 4.30. The molecule has 15 heavy (non-hydrogen) atoms. The molecule has 0 saturated heterocycles. The molecule has 82 valence electrons. The highest BCUT2D eigenvalue weighted by atomic mass is 15.0. The lowest BCUT2D eigenvalue weighted by Gasteiger charge is -2.23. The van der Waals surface area contributed by atoms with Gasteiger partial charge in [0.25, 0.3) is 0 Å². The van der Waals surface area contributed by atoms with Gasteiger partial charge in [-0.1, -0.05) is 19.3 Å². The van der Waals surface area contributed by atoms with Crippen LogP contribution in [0.25, 0.3) is 0 Å². The summed E-state index contributed by atoms with van der Waals surface area (Å²) in [7, 11) is 0. The van der Waals surface area contributed by atoms with Gasteiger partial charge in [0, 0.05) is 11.3 Å². The van der Waals surface area contributed by atoms with Gasteiger partial charge in [0.05, 0.1) is 0 Å². The fourth-order valence-electron chi connectivity index (χ4n) is 2.52. The maximum atomic E-state index is 5.92. The van der Waals surface area contributed by atoms with Gasteiger partial charge in [0.2, 0.25) is 5.95 Å². The Hall–Kier alpha value is -1.32. The fraction of sp³-hybridized carbons (Fsp3) is 0.636. The van der Waals surface area contributed by atoms with Gasteiger partial charge in [-0.3, -0.25) is 0 Å². The number of aryl methyl sites for hydroxylation is 1. The molecule has 4 nitrogen and oxygen atoms in total. The van der Waals surface area contributed by atoms with Crippen LogP contribution in [0.3, 0.4) is 0 Å². The Morgan fingerprint density at radius 2 is 1.73 bits per heavy atom. The van der Waals surface area contributed by atoms with Crippen molar-refractivity contribution in [2.24, 2.45) is 0 Å². The normalized spacial score (nSPS) is 17.9. The minimum Gasteiger partial charge on any atom is -0.383 e. The number of nitrogens with two attached hydrogens (primary N) is 2. The van der Waals surface area contributed by atoms with Gasteiger partial charge >= 0.3 is 0 Å². The van der Waals surface area contributed by atoms with Crippen molar-refractivity contribution < 1.29 is 0 Å². The molecule has 2 rings (SSSR count). The van der Waals surface area contributed by atoms with Gasteiger partial charge in [0.15, 0.2) is 0 Å². The Bertz CT molecular complexity index is 333. The monoisotopic (exact) mass is 206 g/mol. The lowest BCUT2D eigenvalue weighted by molar-refractivity contribution is 0.441. The second-order valence-corrected chi connectivity index (χ2v) is 4.30. The van der Waals surface area contributed by atoms with Crippen molar-refractivity contribution in [3.05, 3.63) is 11.3 Å². The van der Waals surface area contributed by atoms with E-state index in [0.717, 1.165) is 11.3 Å². The van der Waals surface area contributed by atoms with E-state index in [0.29, 0.717) is 11.7 Å².